The van der Waals surface area contributed by atoms with E-state index in [2.05, 4.69) is 67.8 Å². The number of halogens is 2. The van der Waals surface area contributed by atoms with Crippen molar-refractivity contribution in [1.82, 2.24) is 29.9 Å². The lowest BCUT2D eigenvalue weighted by Crippen LogP contribution is -2.16. The Morgan fingerprint density at radius 2 is 1.70 bits per heavy atom. The lowest BCUT2D eigenvalue weighted by atomic mass is 10.2. The van der Waals surface area contributed by atoms with Crippen molar-refractivity contribution in [1.29, 1.82) is 0 Å². The van der Waals surface area contributed by atoms with Gasteiger partial charge in [0.15, 0.2) is 0 Å². The Kier molecular flexibility index (Phi) is 7.79. The first-order valence-corrected chi connectivity index (χ1v) is 8.45. The summed E-state index contributed by atoms with van der Waals surface area (Å²) >= 11 is 0. The van der Waals surface area contributed by atoms with E-state index in [-0.39, 0.29) is 24.8 Å². The SMILES string of the molecule is Cl.Cl.c1ccc(CNCCCn2ncc3ccc(-n4cnnc4)cc32)cc1. The van der Waals surface area contributed by atoms with Crippen LogP contribution in [0.5, 0.6) is 0 Å². The minimum atomic E-state index is 0. The van der Waals surface area contributed by atoms with Gasteiger partial charge in [0.25, 0.3) is 0 Å². The summed E-state index contributed by atoms with van der Waals surface area (Å²) < 4.78 is 3.96. The van der Waals surface area contributed by atoms with E-state index < -0.39 is 0 Å². The minimum Gasteiger partial charge on any atom is -0.313 e. The lowest BCUT2D eigenvalue weighted by molar-refractivity contribution is 0.555. The van der Waals surface area contributed by atoms with Gasteiger partial charge in [-0.25, -0.2) is 0 Å². The van der Waals surface area contributed by atoms with Crippen molar-refractivity contribution in [2.24, 2.45) is 0 Å². The first-order valence-electron chi connectivity index (χ1n) is 8.45. The van der Waals surface area contributed by atoms with E-state index in [0.29, 0.717) is 0 Å². The number of nitrogens with one attached hydrogen (secondary N) is 1. The zero-order valence-electron chi connectivity index (χ0n) is 14.7. The van der Waals surface area contributed by atoms with Crippen molar-refractivity contribution >= 4 is 35.7 Å². The molecule has 1 N–H and O–H groups in total. The number of benzene rings is 2. The molecule has 4 aromatic rings. The predicted molar refractivity (Wildman–Crippen MR) is 112 cm³/mol. The third-order valence-corrected chi connectivity index (χ3v) is 4.24. The zero-order valence-corrected chi connectivity index (χ0v) is 16.4. The molecule has 6 nitrogen and oxygen atoms in total. The quantitative estimate of drug-likeness (QED) is 0.477. The molecule has 27 heavy (non-hydrogen) atoms. The number of fused-ring (bicyclic) bond motifs is 1. The summed E-state index contributed by atoms with van der Waals surface area (Å²) in [7, 11) is 0. The molecule has 0 spiro atoms. The summed E-state index contributed by atoms with van der Waals surface area (Å²) in [5.74, 6) is 0. The van der Waals surface area contributed by atoms with Crippen LogP contribution in [0.15, 0.2) is 67.4 Å². The zero-order chi connectivity index (χ0) is 16.9. The van der Waals surface area contributed by atoms with Crippen LogP contribution in [-0.2, 0) is 13.1 Å². The molecule has 142 valence electrons. The lowest BCUT2D eigenvalue weighted by Gasteiger charge is -2.07. The fourth-order valence-corrected chi connectivity index (χ4v) is 2.91. The molecule has 8 heteroatoms. The van der Waals surface area contributed by atoms with Crippen molar-refractivity contribution < 1.29 is 0 Å². The maximum atomic E-state index is 4.52. The summed E-state index contributed by atoms with van der Waals surface area (Å²) in [4.78, 5) is 0. The Bertz CT molecular complexity index is 937. The summed E-state index contributed by atoms with van der Waals surface area (Å²) in [6, 6.07) is 16.7. The van der Waals surface area contributed by atoms with Crippen LogP contribution in [0.2, 0.25) is 0 Å². The molecule has 2 aromatic heterocycles. The van der Waals surface area contributed by atoms with Gasteiger partial charge in [-0.2, -0.15) is 5.10 Å². The van der Waals surface area contributed by atoms with Gasteiger partial charge in [-0.3, -0.25) is 9.25 Å². The van der Waals surface area contributed by atoms with Crippen LogP contribution in [0.3, 0.4) is 0 Å². The van der Waals surface area contributed by atoms with E-state index in [1.165, 1.54) is 5.56 Å². The third-order valence-electron chi connectivity index (χ3n) is 4.24. The van der Waals surface area contributed by atoms with Gasteiger partial charge in [0.05, 0.1) is 17.4 Å². The molecule has 0 atom stereocenters. The molecule has 0 fully saturated rings. The summed E-state index contributed by atoms with van der Waals surface area (Å²) in [6.45, 7) is 2.75. The van der Waals surface area contributed by atoms with E-state index in [1.807, 2.05) is 16.8 Å². The highest BCUT2D eigenvalue weighted by molar-refractivity contribution is 5.85. The molecule has 4 rings (SSSR count). The molecule has 2 aromatic carbocycles. The fourth-order valence-electron chi connectivity index (χ4n) is 2.91. The number of aromatic nitrogens is 5. The van der Waals surface area contributed by atoms with Crippen LogP contribution < -0.4 is 5.32 Å². The van der Waals surface area contributed by atoms with Gasteiger partial charge in [-0.15, -0.1) is 35.0 Å². The number of aryl methyl sites for hydroxylation is 1. The fraction of sp³-hybridized carbons (Fsp3) is 0.211. The standard InChI is InChI=1S/C19H20N6.2ClH/c1-2-5-16(6-3-1)12-20-9-4-10-25-19-11-18(24-14-21-22-15-24)8-7-17(19)13-23-25;;/h1-3,5-8,11,13-15,20H,4,9-10,12H2;2*1H. The number of rotatable bonds is 7. The summed E-state index contributed by atoms with van der Waals surface area (Å²) in [5, 5.41) is 16.9. The van der Waals surface area contributed by atoms with Crippen LogP contribution >= 0.6 is 24.8 Å². The number of hydrogen-bond donors (Lipinski definition) is 1. The average molecular weight is 405 g/mol. The molecule has 0 saturated carbocycles. The maximum Gasteiger partial charge on any atom is 0.123 e. The molecule has 2 heterocycles. The van der Waals surface area contributed by atoms with Crippen molar-refractivity contribution in [3.63, 3.8) is 0 Å². The largest absolute Gasteiger partial charge is 0.313 e. The maximum absolute atomic E-state index is 4.52. The number of nitrogens with zero attached hydrogens (tertiary/aromatic N) is 5. The first-order chi connectivity index (χ1) is 12.4. The van der Waals surface area contributed by atoms with Gasteiger partial charge < -0.3 is 5.32 Å². The molecule has 0 bridgehead atoms. The van der Waals surface area contributed by atoms with E-state index in [0.717, 1.165) is 42.6 Å². The predicted octanol–water partition coefficient (Wildman–Crippen LogP) is 3.64. The highest BCUT2D eigenvalue weighted by Crippen LogP contribution is 2.18. The average Bonchev–Trinajstić information content (AvgIpc) is 3.32. The van der Waals surface area contributed by atoms with Crippen LogP contribution in [0.4, 0.5) is 0 Å². The van der Waals surface area contributed by atoms with Crippen molar-refractivity contribution in [3.05, 3.63) is 72.9 Å². The van der Waals surface area contributed by atoms with Gasteiger partial charge >= 0.3 is 0 Å². The second-order valence-corrected chi connectivity index (χ2v) is 6.00. The Hall–Kier alpha value is -2.41. The monoisotopic (exact) mass is 404 g/mol. The van der Waals surface area contributed by atoms with E-state index in [1.54, 1.807) is 12.7 Å². The van der Waals surface area contributed by atoms with Crippen molar-refractivity contribution in [2.45, 2.75) is 19.5 Å². The molecule has 0 aliphatic heterocycles. The van der Waals surface area contributed by atoms with Crippen molar-refractivity contribution in [3.8, 4) is 5.69 Å². The summed E-state index contributed by atoms with van der Waals surface area (Å²) in [6.07, 6.45) is 6.36. The van der Waals surface area contributed by atoms with Gasteiger partial charge in [-0.05, 0) is 36.7 Å². The second-order valence-electron chi connectivity index (χ2n) is 6.00. The van der Waals surface area contributed by atoms with Gasteiger partial charge in [-0.1, -0.05) is 30.3 Å². The van der Waals surface area contributed by atoms with E-state index >= 15 is 0 Å². The molecular formula is C19H22Cl2N6. The highest BCUT2D eigenvalue weighted by Gasteiger charge is 2.05. The van der Waals surface area contributed by atoms with Gasteiger partial charge in [0.1, 0.15) is 12.7 Å². The molecule has 0 unspecified atom stereocenters. The molecule has 0 amide bonds. The highest BCUT2D eigenvalue weighted by atomic mass is 35.5. The van der Waals surface area contributed by atoms with Crippen LogP contribution in [0.25, 0.3) is 16.6 Å². The van der Waals surface area contributed by atoms with Crippen LogP contribution in [-0.4, -0.2) is 31.1 Å². The van der Waals surface area contributed by atoms with Crippen molar-refractivity contribution in [2.75, 3.05) is 6.54 Å². The van der Waals surface area contributed by atoms with Crippen LogP contribution in [0.1, 0.15) is 12.0 Å². The Labute approximate surface area is 170 Å². The molecule has 0 radical (unpaired) electrons. The van der Waals surface area contributed by atoms with Gasteiger partial charge in [0, 0.05) is 18.5 Å². The Morgan fingerprint density at radius 3 is 2.48 bits per heavy atom. The normalized spacial score (nSPS) is 10.4. The second kappa shape index (κ2) is 10.1. The Balaban J connectivity index is 0.00000131. The molecule has 0 aliphatic carbocycles. The molecular weight excluding hydrogens is 383 g/mol. The summed E-state index contributed by atoms with van der Waals surface area (Å²) in [5.41, 5.74) is 3.49. The Morgan fingerprint density at radius 1 is 0.926 bits per heavy atom. The minimum absolute atomic E-state index is 0. The molecule has 0 aliphatic rings. The van der Waals surface area contributed by atoms with E-state index in [9.17, 15) is 0 Å². The van der Waals surface area contributed by atoms with E-state index in [4.69, 9.17) is 0 Å². The topological polar surface area (TPSA) is 60.6 Å². The molecule has 0 saturated heterocycles. The smallest absolute Gasteiger partial charge is 0.123 e. The first kappa shape index (κ1) is 20.9. The van der Waals surface area contributed by atoms with Gasteiger partial charge in [0.2, 0.25) is 0 Å². The number of hydrogen-bond acceptors (Lipinski definition) is 4. The third kappa shape index (κ3) is 5.07. The van der Waals surface area contributed by atoms with Crippen LogP contribution in [0, 0.1) is 0 Å².